The molecule has 1 unspecified atom stereocenters. The van der Waals surface area contributed by atoms with Gasteiger partial charge in [0, 0.05) is 4.90 Å². The van der Waals surface area contributed by atoms with Gasteiger partial charge in [0.25, 0.3) is 20.1 Å². The summed E-state index contributed by atoms with van der Waals surface area (Å²) in [6.07, 6.45) is 4.90. The summed E-state index contributed by atoms with van der Waals surface area (Å²) in [6.45, 7) is 1.83. The van der Waals surface area contributed by atoms with Gasteiger partial charge in [-0.3, -0.25) is 4.18 Å². The largest absolute Gasteiger partial charge is 0.290 e. The maximum Gasteiger partial charge on any atom is 0.290 e. The molecule has 1 atom stereocenters. The van der Waals surface area contributed by atoms with E-state index in [1.54, 1.807) is 42.5 Å². The van der Waals surface area contributed by atoms with Gasteiger partial charge in [-0.25, -0.2) is 4.21 Å². The summed E-state index contributed by atoms with van der Waals surface area (Å²) in [7, 11) is -11.7. The first-order valence-electron chi connectivity index (χ1n) is 10.5. The van der Waals surface area contributed by atoms with Gasteiger partial charge in [0.15, 0.2) is 0 Å². The molecule has 1 aliphatic carbocycles. The van der Waals surface area contributed by atoms with Gasteiger partial charge in [-0.15, -0.1) is 3.77 Å². The minimum Gasteiger partial charge on any atom is -0.263 e. The highest BCUT2D eigenvalue weighted by molar-refractivity contribution is 8.03. The van der Waals surface area contributed by atoms with Gasteiger partial charge in [0.2, 0.25) is 0 Å². The number of sulfonamides is 1. The van der Waals surface area contributed by atoms with Crippen molar-refractivity contribution >= 4 is 29.9 Å². The second kappa shape index (κ2) is 9.62. The third-order valence-corrected chi connectivity index (χ3v) is 10.6. The van der Waals surface area contributed by atoms with Crippen molar-refractivity contribution in [2.24, 2.45) is 3.77 Å². The van der Waals surface area contributed by atoms with Crippen molar-refractivity contribution in [1.82, 2.24) is 0 Å². The average Bonchev–Trinajstić information content (AvgIpc) is 2.92. The van der Waals surface area contributed by atoms with Crippen molar-refractivity contribution in [2.45, 2.75) is 60.8 Å². The van der Waals surface area contributed by atoms with Crippen LogP contribution in [0.3, 0.4) is 0 Å². The second-order valence-electron chi connectivity index (χ2n) is 8.35. The van der Waals surface area contributed by atoms with Gasteiger partial charge < -0.3 is 0 Å². The zero-order valence-corrected chi connectivity index (χ0v) is 20.7. The Morgan fingerprint density at radius 3 is 1.91 bits per heavy atom. The van der Waals surface area contributed by atoms with Crippen LogP contribution >= 0.6 is 0 Å². The molecule has 1 aliphatic rings. The molecule has 0 N–H and O–H groups in total. The molecule has 0 aromatic heterocycles. The van der Waals surface area contributed by atoms with E-state index >= 15 is 0 Å². The molecule has 1 fully saturated rings. The Morgan fingerprint density at radius 1 is 0.812 bits per heavy atom. The van der Waals surface area contributed by atoms with E-state index in [2.05, 4.69) is 3.77 Å². The number of aryl methyl sites for hydroxylation is 1. The minimum absolute atomic E-state index is 0.0642. The van der Waals surface area contributed by atoms with Crippen molar-refractivity contribution < 1.29 is 25.2 Å². The third kappa shape index (κ3) is 6.40. The smallest absolute Gasteiger partial charge is 0.263 e. The summed E-state index contributed by atoms with van der Waals surface area (Å²) in [5, 5.41) is 0. The number of hydrogen-bond acceptors (Lipinski definition) is 6. The van der Waals surface area contributed by atoms with Crippen molar-refractivity contribution in [3.63, 3.8) is 0 Å². The van der Waals surface area contributed by atoms with Crippen molar-refractivity contribution in [3.05, 3.63) is 60.2 Å². The minimum atomic E-state index is -4.27. The van der Waals surface area contributed by atoms with E-state index in [1.807, 2.05) is 6.92 Å². The molecule has 10 heteroatoms. The predicted octanol–water partition coefficient (Wildman–Crippen LogP) is 4.28. The molecular weight excluding hydrogens is 470 g/mol. The van der Waals surface area contributed by atoms with Crippen molar-refractivity contribution in [1.29, 1.82) is 0 Å². The first kappa shape index (κ1) is 24.9. The summed E-state index contributed by atoms with van der Waals surface area (Å²) in [4.78, 5) is 0.169. The summed E-state index contributed by atoms with van der Waals surface area (Å²) in [5.41, 5.74) is -0.393. The summed E-state index contributed by atoms with van der Waals surface area (Å²) in [6, 6.07) is 14.3. The molecule has 176 valence electrons. The van der Waals surface area contributed by atoms with E-state index in [0.29, 0.717) is 25.7 Å². The zero-order valence-electron chi connectivity index (χ0n) is 18.3. The molecule has 0 amide bonds. The Balaban J connectivity index is 2.18. The molecule has 0 spiro atoms. The average molecular weight is 500 g/mol. The normalized spacial score (nSPS) is 18.9. The van der Waals surface area contributed by atoms with Gasteiger partial charge in [0.05, 0.1) is 26.6 Å². The Labute approximate surface area is 191 Å². The van der Waals surface area contributed by atoms with Crippen molar-refractivity contribution in [3.8, 4) is 0 Å². The van der Waals surface area contributed by atoms with Crippen LogP contribution < -0.4 is 0 Å². The van der Waals surface area contributed by atoms with Gasteiger partial charge in [-0.2, -0.15) is 16.8 Å². The fraction of sp³-hybridized carbons (Fsp3) is 0.455. The third-order valence-electron chi connectivity index (χ3n) is 5.45. The molecule has 0 heterocycles. The number of hydrogen-bond donors (Lipinski definition) is 0. The molecule has 32 heavy (non-hydrogen) atoms. The number of rotatable bonds is 7. The molecular formula is C22H29NO6S3. The van der Waals surface area contributed by atoms with Crippen LogP contribution in [0.4, 0.5) is 0 Å². The Hall–Kier alpha value is -1.75. The summed E-state index contributed by atoms with van der Waals surface area (Å²) < 4.78 is 74.2. The maximum absolute atomic E-state index is 14.3. The van der Waals surface area contributed by atoms with E-state index in [9.17, 15) is 21.0 Å². The lowest BCUT2D eigenvalue weighted by Gasteiger charge is -2.32. The first-order chi connectivity index (χ1) is 14.9. The lowest BCUT2D eigenvalue weighted by atomic mass is 9.97. The van der Waals surface area contributed by atoms with E-state index in [-0.39, 0.29) is 15.5 Å². The molecule has 2 aromatic carbocycles. The highest BCUT2D eigenvalue weighted by Crippen LogP contribution is 2.36. The fourth-order valence-electron chi connectivity index (χ4n) is 4.00. The van der Waals surface area contributed by atoms with Crippen LogP contribution in [-0.4, -0.2) is 38.7 Å². The van der Waals surface area contributed by atoms with Gasteiger partial charge in [-0.05, 0) is 44.0 Å². The topological polar surface area (TPSA) is 107 Å². The molecule has 7 nitrogen and oxygen atoms in total. The molecule has 2 aromatic rings. The van der Waals surface area contributed by atoms with E-state index < -0.39 is 35.5 Å². The molecule has 0 radical (unpaired) electrons. The van der Waals surface area contributed by atoms with Crippen molar-refractivity contribution in [2.75, 3.05) is 12.0 Å². The van der Waals surface area contributed by atoms with Crippen LogP contribution in [-0.2, 0) is 34.1 Å². The highest BCUT2D eigenvalue weighted by atomic mass is 32.3. The molecule has 0 bridgehead atoms. The number of nitrogens with zero attached hydrogens (tertiary/aromatic N) is 1. The van der Waals surface area contributed by atoms with E-state index in [1.165, 1.54) is 12.1 Å². The zero-order chi connectivity index (χ0) is 23.5. The SMILES string of the molecule is Cc1ccc(S(=O)(=O)N=S(=O)(CC2(OS(C)(=O)=O)CCCCCC2)c2ccccc2)cc1. The van der Waals surface area contributed by atoms with Crippen LogP contribution in [0.2, 0.25) is 0 Å². The summed E-state index contributed by atoms with van der Waals surface area (Å²) >= 11 is 0. The van der Waals surface area contributed by atoms with Gasteiger partial charge >= 0.3 is 0 Å². The standard InChI is InChI=1S/C22H29NO6S3/c1-19-12-14-21(15-13-19)32(27,28)23-31(26,20-10-6-5-7-11-20)18-22(29-30(2,24)25)16-8-3-4-9-17-22/h5-7,10-15H,3-4,8-9,16-18H2,1-2H3. The lowest BCUT2D eigenvalue weighted by Crippen LogP contribution is -2.41. The molecule has 1 saturated carbocycles. The Kier molecular flexibility index (Phi) is 7.48. The molecule has 0 aliphatic heterocycles. The fourth-order valence-corrected chi connectivity index (χ4v) is 9.40. The summed E-state index contributed by atoms with van der Waals surface area (Å²) in [5.74, 6) is -0.317. The van der Waals surface area contributed by atoms with Crippen LogP contribution in [0.25, 0.3) is 0 Å². The quantitative estimate of drug-likeness (QED) is 0.416. The molecule has 0 saturated heterocycles. The monoisotopic (exact) mass is 499 g/mol. The second-order valence-corrected chi connectivity index (χ2v) is 14.0. The van der Waals surface area contributed by atoms with Crippen LogP contribution in [0.1, 0.15) is 44.1 Å². The van der Waals surface area contributed by atoms with Crippen LogP contribution in [0, 0.1) is 6.92 Å². The van der Waals surface area contributed by atoms with Crippen LogP contribution in [0.5, 0.6) is 0 Å². The predicted molar refractivity (Wildman–Crippen MR) is 125 cm³/mol. The lowest BCUT2D eigenvalue weighted by molar-refractivity contribution is 0.0851. The van der Waals surface area contributed by atoms with Gasteiger partial charge in [-0.1, -0.05) is 61.6 Å². The van der Waals surface area contributed by atoms with E-state index in [0.717, 1.165) is 24.7 Å². The van der Waals surface area contributed by atoms with E-state index in [4.69, 9.17) is 4.18 Å². The maximum atomic E-state index is 14.3. The molecule has 3 rings (SSSR count). The Morgan fingerprint density at radius 2 is 1.38 bits per heavy atom. The Bertz CT molecular complexity index is 1250. The number of benzene rings is 2. The van der Waals surface area contributed by atoms with Gasteiger partial charge in [0.1, 0.15) is 5.60 Å². The first-order valence-corrected chi connectivity index (χ1v) is 15.4. The highest BCUT2D eigenvalue weighted by Gasteiger charge is 2.40. The van der Waals surface area contributed by atoms with Crippen LogP contribution in [0.15, 0.2) is 68.2 Å².